The molecule has 0 fully saturated rings. The minimum Gasteiger partial charge on any atom is -0.481 e. The Hall–Kier alpha value is -3.52. The van der Waals surface area contributed by atoms with Crippen LogP contribution in [0.1, 0.15) is 31.2 Å². The second-order valence-electron chi connectivity index (χ2n) is 7.72. The van der Waals surface area contributed by atoms with Crippen LogP contribution in [0.25, 0.3) is 21.7 Å². The first-order chi connectivity index (χ1) is 16.5. The van der Waals surface area contributed by atoms with Crippen molar-refractivity contribution in [3.63, 3.8) is 0 Å². The van der Waals surface area contributed by atoms with Gasteiger partial charge in [-0.15, -0.1) is 0 Å². The molecular weight excluding hydrogens is 498 g/mol. The SMILES string of the molecule is CCCCc1nc2ccc(Br)cc2c(=O)n1N=Cc1c(OCC(=O)OC)ccc2ccccc12. The highest BCUT2D eigenvalue weighted by atomic mass is 79.9. The van der Waals surface area contributed by atoms with Crippen LogP contribution in [0.4, 0.5) is 0 Å². The molecule has 0 aliphatic heterocycles. The molecule has 0 N–H and O–H groups in total. The first-order valence-corrected chi connectivity index (χ1v) is 11.8. The summed E-state index contributed by atoms with van der Waals surface area (Å²) in [4.78, 5) is 29.7. The van der Waals surface area contributed by atoms with Crippen LogP contribution < -0.4 is 10.3 Å². The topological polar surface area (TPSA) is 82.8 Å². The van der Waals surface area contributed by atoms with Gasteiger partial charge in [0, 0.05) is 16.5 Å². The molecule has 0 bridgehead atoms. The van der Waals surface area contributed by atoms with Gasteiger partial charge in [-0.3, -0.25) is 4.79 Å². The number of esters is 1. The minimum atomic E-state index is -0.488. The predicted octanol–water partition coefficient (Wildman–Crippen LogP) is 5.09. The van der Waals surface area contributed by atoms with Crippen LogP contribution in [0, 0.1) is 0 Å². The average Bonchev–Trinajstić information content (AvgIpc) is 2.86. The average molecular weight is 522 g/mol. The molecule has 0 saturated heterocycles. The van der Waals surface area contributed by atoms with Crippen molar-refractivity contribution in [2.75, 3.05) is 13.7 Å². The molecule has 0 spiro atoms. The number of carbonyl (C=O) groups excluding carboxylic acids is 1. The number of carbonyl (C=O) groups is 1. The van der Waals surface area contributed by atoms with Gasteiger partial charge >= 0.3 is 5.97 Å². The van der Waals surface area contributed by atoms with Gasteiger partial charge in [-0.25, -0.2) is 9.78 Å². The van der Waals surface area contributed by atoms with E-state index in [1.807, 2.05) is 42.5 Å². The number of aromatic nitrogens is 2. The lowest BCUT2D eigenvalue weighted by Gasteiger charge is -2.12. The Balaban J connectivity index is 1.86. The van der Waals surface area contributed by atoms with E-state index in [0.29, 0.717) is 34.5 Å². The number of hydrogen-bond acceptors (Lipinski definition) is 6. The maximum Gasteiger partial charge on any atom is 0.343 e. The molecule has 0 amide bonds. The Morgan fingerprint density at radius 3 is 2.76 bits per heavy atom. The quantitative estimate of drug-likeness (QED) is 0.238. The molecule has 7 nitrogen and oxygen atoms in total. The molecule has 0 saturated carbocycles. The van der Waals surface area contributed by atoms with Crippen LogP contribution in [0.2, 0.25) is 0 Å². The van der Waals surface area contributed by atoms with Crippen LogP contribution >= 0.6 is 15.9 Å². The van der Waals surface area contributed by atoms with Crippen LogP contribution in [0.3, 0.4) is 0 Å². The van der Waals surface area contributed by atoms with Crippen molar-refractivity contribution in [3.05, 3.63) is 80.8 Å². The maximum absolute atomic E-state index is 13.4. The van der Waals surface area contributed by atoms with E-state index in [2.05, 4.69) is 28.0 Å². The molecule has 0 atom stereocenters. The summed E-state index contributed by atoms with van der Waals surface area (Å²) in [5.41, 5.74) is 1.05. The van der Waals surface area contributed by atoms with Crippen molar-refractivity contribution in [2.24, 2.45) is 5.10 Å². The summed E-state index contributed by atoms with van der Waals surface area (Å²) in [5.74, 6) is 0.570. The third-order valence-corrected chi connectivity index (χ3v) is 5.93. The van der Waals surface area contributed by atoms with Crippen LogP contribution in [-0.2, 0) is 16.0 Å². The number of ether oxygens (including phenoxy) is 2. The van der Waals surface area contributed by atoms with Gasteiger partial charge in [0.05, 0.1) is 24.2 Å². The molecule has 1 aromatic heterocycles. The van der Waals surface area contributed by atoms with Crippen molar-refractivity contribution in [3.8, 4) is 5.75 Å². The van der Waals surface area contributed by atoms with E-state index < -0.39 is 5.97 Å². The summed E-state index contributed by atoms with van der Waals surface area (Å²) in [6.07, 6.45) is 4.06. The monoisotopic (exact) mass is 521 g/mol. The van der Waals surface area contributed by atoms with Crippen molar-refractivity contribution in [1.82, 2.24) is 9.66 Å². The van der Waals surface area contributed by atoms with Gasteiger partial charge in [0.15, 0.2) is 6.61 Å². The second kappa shape index (κ2) is 10.6. The van der Waals surface area contributed by atoms with Gasteiger partial charge in [-0.05, 0) is 41.5 Å². The first-order valence-electron chi connectivity index (χ1n) is 11.0. The number of benzene rings is 3. The van der Waals surface area contributed by atoms with Gasteiger partial charge < -0.3 is 9.47 Å². The molecule has 1 heterocycles. The minimum absolute atomic E-state index is 0.233. The zero-order chi connectivity index (χ0) is 24.1. The molecule has 0 aliphatic carbocycles. The van der Waals surface area contributed by atoms with Gasteiger partial charge in [-0.2, -0.15) is 9.78 Å². The molecule has 174 valence electrons. The maximum atomic E-state index is 13.4. The Morgan fingerprint density at radius 1 is 1.15 bits per heavy atom. The van der Waals surface area contributed by atoms with Crippen LogP contribution in [0.5, 0.6) is 5.75 Å². The summed E-state index contributed by atoms with van der Waals surface area (Å²) in [7, 11) is 1.31. The Bertz CT molecular complexity index is 1450. The number of fused-ring (bicyclic) bond motifs is 2. The number of halogens is 1. The zero-order valence-corrected chi connectivity index (χ0v) is 20.5. The lowest BCUT2D eigenvalue weighted by atomic mass is 10.0. The highest BCUT2D eigenvalue weighted by Gasteiger charge is 2.13. The normalized spacial score (nSPS) is 11.4. The molecule has 0 aliphatic rings. The standard InChI is InChI=1S/C26H24BrN3O4/c1-3-4-9-24-29-22-12-11-18(27)14-20(22)26(32)30(24)28-15-21-19-8-6-5-7-17(19)10-13-23(21)34-16-25(31)33-2/h5-8,10-15H,3-4,9,16H2,1-2H3. The fraction of sp³-hybridized carbons (Fsp3) is 0.231. The van der Waals surface area contributed by atoms with Gasteiger partial charge in [0.2, 0.25) is 0 Å². The largest absolute Gasteiger partial charge is 0.481 e. The van der Waals surface area contributed by atoms with Gasteiger partial charge in [0.25, 0.3) is 5.56 Å². The first kappa shape index (κ1) is 23.6. The van der Waals surface area contributed by atoms with E-state index in [-0.39, 0.29) is 12.2 Å². The van der Waals surface area contributed by atoms with E-state index in [9.17, 15) is 9.59 Å². The van der Waals surface area contributed by atoms with Crippen molar-refractivity contribution >= 4 is 49.8 Å². The van der Waals surface area contributed by atoms with Crippen molar-refractivity contribution in [2.45, 2.75) is 26.2 Å². The number of methoxy groups -OCH3 is 1. The van der Waals surface area contributed by atoms with Crippen molar-refractivity contribution in [1.29, 1.82) is 0 Å². The number of hydrogen-bond donors (Lipinski definition) is 0. The zero-order valence-electron chi connectivity index (χ0n) is 19.0. The fourth-order valence-corrected chi connectivity index (χ4v) is 4.02. The predicted molar refractivity (Wildman–Crippen MR) is 137 cm³/mol. The molecule has 4 aromatic rings. The van der Waals surface area contributed by atoms with Crippen LogP contribution in [0.15, 0.2) is 69.0 Å². The molecule has 0 radical (unpaired) electrons. The summed E-state index contributed by atoms with van der Waals surface area (Å²) in [6, 6.07) is 16.9. The number of unbranched alkanes of at least 4 members (excludes halogenated alkanes) is 1. The fourth-order valence-electron chi connectivity index (χ4n) is 3.66. The van der Waals surface area contributed by atoms with E-state index in [4.69, 9.17) is 14.5 Å². The second-order valence-corrected chi connectivity index (χ2v) is 8.63. The number of nitrogens with zero attached hydrogens (tertiary/aromatic N) is 3. The molecule has 4 rings (SSSR count). The van der Waals surface area contributed by atoms with E-state index in [1.165, 1.54) is 11.8 Å². The number of aryl methyl sites for hydroxylation is 1. The molecule has 34 heavy (non-hydrogen) atoms. The Kier molecular flexibility index (Phi) is 7.37. The molecule has 0 unspecified atom stereocenters. The lowest BCUT2D eigenvalue weighted by Crippen LogP contribution is -2.22. The smallest absolute Gasteiger partial charge is 0.343 e. The number of rotatable bonds is 8. The lowest BCUT2D eigenvalue weighted by molar-refractivity contribution is -0.142. The molecular formula is C26H24BrN3O4. The third kappa shape index (κ3) is 5.02. The summed E-state index contributed by atoms with van der Waals surface area (Å²) in [5, 5.41) is 6.91. The molecule has 8 heteroatoms. The van der Waals surface area contributed by atoms with E-state index in [1.54, 1.807) is 18.3 Å². The highest BCUT2D eigenvalue weighted by molar-refractivity contribution is 9.10. The Morgan fingerprint density at radius 2 is 1.97 bits per heavy atom. The third-order valence-electron chi connectivity index (χ3n) is 5.44. The van der Waals surface area contributed by atoms with E-state index >= 15 is 0 Å². The van der Waals surface area contributed by atoms with Crippen LogP contribution in [-0.4, -0.2) is 35.6 Å². The van der Waals surface area contributed by atoms with Gasteiger partial charge in [0.1, 0.15) is 11.6 Å². The highest BCUT2D eigenvalue weighted by Crippen LogP contribution is 2.27. The molecule has 3 aromatic carbocycles. The Labute approximate surface area is 205 Å². The van der Waals surface area contributed by atoms with Gasteiger partial charge in [-0.1, -0.05) is 59.6 Å². The van der Waals surface area contributed by atoms with Crippen molar-refractivity contribution < 1.29 is 14.3 Å². The summed E-state index contributed by atoms with van der Waals surface area (Å²) >= 11 is 3.43. The summed E-state index contributed by atoms with van der Waals surface area (Å²) in [6.45, 7) is 1.85. The summed E-state index contributed by atoms with van der Waals surface area (Å²) < 4.78 is 12.6. The van der Waals surface area contributed by atoms with E-state index in [0.717, 1.165) is 28.1 Å².